The third-order valence-corrected chi connectivity index (χ3v) is 13.0. The number of hydrogen-bond acceptors (Lipinski definition) is 1. The summed E-state index contributed by atoms with van der Waals surface area (Å²) < 4.78 is 2.49. The van der Waals surface area contributed by atoms with E-state index in [1.165, 1.54) is 87.9 Å². The second kappa shape index (κ2) is 16.0. The average molecular weight is 829 g/mol. The first kappa shape index (κ1) is 38.2. The molecule has 12 rings (SSSR count). The molecule has 0 aliphatic rings. The molecule has 2 heteroatoms. The SMILES string of the molecule is Cc1ccc2c(c1)c1ccc3ccccc3c1n2-c1ccccc1-c1ccc(N(c2cccc(-c3ccccc3)c2)c2ccc(-c3ccc4ccccc4c3)c(-c3ccccc3)c2)cc1. The van der Waals surface area contributed by atoms with Crippen LogP contribution in [0.4, 0.5) is 17.1 Å². The summed E-state index contributed by atoms with van der Waals surface area (Å²) in [5, 5.41) is 7.49. The van der Waals surface area contributed by atoms with Gasteiger partial charge in [-0.15, -0.1) is 0 Å². The van der Waals surface area contributed by atoms with Gasteiger partial charge < -0.3 is 9.47 Å². The molecule has 12 aromatic rings. The van der Waals surface area contributed by atoms with Crippen molar-refractivity contribution in [2.45, 2.75) is 6.92 Å². The molecule has 306 valence electrons. The first-order chi connectivity index (χ1) is 32.1. The van der Waals surface area contributed by atoms with Crippen LogP contribution in [-0.4, -0.2) is 4.57 Å². The topological polar surface area (TPSA) is 8.17 Å². The van der Waals surface area contributed by atoms with E-state index >= 15 is 0 Å². The van der Waals surface area contributed by atoms with Gasteiger partial charge in [-0.3, -0.25) is 0 Å². The predicted molar refractivity (Wildman–Crippen MR) is 277 cm³/mol. The number of nitrogens with zero attached hydrogens (tertiary/aromatic N) is 2. The van der Waals surface area contributed by atoms with Crippen LogP contribution in [0, 0.1) is 6.92 Å². The van der Waals surface area contributed by atoms with Crippen molar-refractivity contribution in [2.24, 2.45) is 0 Å². The number of rotatable bonds is 8. The zero-order valence-corrected chi connectivity index (χ0v) is 36.1. The number of fused-ring (bicyclic) bond motifs is 6. The van der Waals surface area contributed by atoms with Gasteiger partial charge in [-0.25, -0.2) is 0 Å². The van der Waals surface area contributed by atoms with E-state index in [9.17, 15) is 0 Å². The summed E-state index contributed by atoms with van der Waals surface area (Å²) >= 11 is 0. The molecule has 0 radical (unpaired) electrons. The zero-order chi connectivity index (χ0) is 43.3. The van der Waals surface area contributed by atoms with Gasteiger partial charge in [0.05, 0.1) is 16.7 Å². The van der Waals surface area contributed by atoms with E-state index in [1.54, 1.807) is 0 Å². The Morgan fingerprint density at radius 2 is 0.938 bits per heavy atom. The Labute approximate surface area is 379 Å². The second-order valence-corrected chi connectivity index (χ2v) is 17.0. The molecule has 2 nitrogen and oxygen atoms in total. The minimum Gasteiger partial charge on any atom is -0.310 e. The van der Waals surface area contributed by atoms with Gasteiger partial charge in [0.1, 0.15) is 0 Å². The minimum atomic E-state index is 1.08. The van der Waals surface area contributed by atoms with Crippen molar-refractivity contribution < 1.29 is 0 Å². The summed E-state index contributed by atoms with van der Waals surface area (Å²) in [4.78, 5) is 2.40. The highest BCUT2D eigenvalue weighted by Gasteiger charge is 2.20. The molecule has 0 atom stereocenters. The molecule has 0 fully saturated rings. The molecule has 0 saturated heterocycles. The Balaban J connectivity index is 1.03. The van der Waals surface area contributed by atoms with E-state index in [0.717, 1.165) is 28.3 Å². The lowest BCUT2D eigenvalue weighted by molar-refractivity contribution is 1.19. The molecule has 0 unspecified atom stereocenters. The molecule has 0 aliphatic carbocycles. The van der Waals surface area contributed by atoms with Crippen molar-refractivity contribution in [1.29, 1.82) is 0 Å². The molecular formula is C63H44N2. The molecule has 0 bridgehead atoms. The molecular weight excluding hydrogens is 785 g/mol. The Morgan fingerprint density at radius 3 is 1.77 bits per heavy atom. The highest BCUT2D eigenvalue weighted by molar-refractivity contribution is 6.19. The van der Waals surface area contributed by atoms with Gasteiger partial charge in [0.15, 0.2) is 0 Å². The lowest BCUT2D eigenvalue weighted by Crippen LogP contribution is -2.10. The number of anilines is 3. The van der Waals surface area contributed by atoms with Crippen LogP contribution < -0.4 is 4.90 Å². The molecule has 0 N–H and O–H groups in total. The van der Waals surface area contributed by atoms with Crippen LogP contribution in [0.3, 0.4) is 0 Å². The summed E-state index contributed by atoms with van der Waals surface area (Å²) in [5.74, 6) is 0. The number of para-hydroxylation sites is 1. The van der Waals surface area contributed by atoms with E-state index in [4.69, 9.17) is 0 Å². The van der Waals surface area contributed by atoms with Gasteiger partial charge in [0, 0.05) is 38.8 Å². The molecule has 0 saturated carbocycles. The highest BCUT2D eigenvalue weighted by Crippen LogP contribution is 2.44. The predicted octanol–water partition coefficient (Wildman–Crippen LogP) is 17.5. The first-order valence-corrected chi connectivity index (χ1v) is 22.4. The molecule has 65 heavy (non-hydrogen) atoms. The standard InChI is InChI=1S/C63H44N2/c1-43-27-38-62-60(39-43)58-36-32-47-20-10-11-25-57(47)63(58)65(62)61-26-13-12-24-56(61)48-30-33-52(34-31-48)64(53-23-14-22-50(41-53)44-15-4-2-5-16-44)54-35-37-55(59(42-54)46-18-6-3-7-19-46)51-29-28-45-17-8-9-21-49(45)40-51/h2-42H,1H3. The lowest BCUT2D eigenvalue weighted by atomic mass is 9.92. The Kier molecular flexibility index (Phi) is 9.43. The molecule has 1 aromatic heterocycles. The van der Waals surface area contributed by atoms with Gasteiger partial charge in [-0.05, 0) is 123 Å². The van der Waals surface area contributed by atoms with Crippen molar-refractivity contribution >= 4 is 60.4 Å². The number of aromatic nitrogens is 1. The smallest absolute Gasteiger partial charge is 0.0619 e. The monoisotopic (exact) mass is 828 g/mol. The summed E-state index contributed by atoms with van der Waals surface area (Å²) in [6.07, 6.45) is 0. The summed E-state index contributed by atoms with van der Waals surface area (Å²) in [7, 11) is 0. The fraction of sp³-hybridized carbons (Fsp3) is 0.0159. The van der Waals surface area contributed by atoms with Crippen molar-refractivity contribution in [3.63, 3.8) is 0 Å². The maximum Gasteiger partial charge on any atom is 0.0619 e. The van der Waals surface area contributed by atoms with Crippen molar-refractivity contribution in [3.05, 3.63) is 254 Å². The number of hydrogen-bond donors (Lipinski definition) is 0. The second-order valence-electron chi connectivity index (χ2n) is 17.0. The molecule has 0 spiro atoms. The van der Waals surface area contributed by atoms with Crippen LogP contribution in [-0.2, 0) is 0 Å². The fourth-order valence-corrected chi connectivity index (χ4v) is 9.89. The highest BCUT2D eigenvalue weighted by atomic mass is 15.1. The maximum absolute atomic E-state index is 2.49. The normalized spacial score (nSPS) is 11.5. The molecule has 0 amide bonds. The van der Waals surface area contributed by atoms with Gasteiger partial charge in [0.2, 0.25) is 0 Å². The first-order valence-electron chi connectivity index (χ1n) is 22.4. The lowest BCUT2D eigenvalue weighted by Gasteiger charge is -2.27. The number of benzene rings is 11. The van der Waals surface area contributed by atoms with Crippen LogP contribution in [0.25, 0.3) is 93.5 Å². The van der Waals surface area contributed by atoms with E-state index in [1.807, 2.05) is 0 Å². The Morgan fingerprint density at radius 1 is 0.308 bits per heavy atom. The fourth-order valence-electron chi connectivity index (χ4n) is 9.89. The van der Waals surface area contributed by atoms with Crippen LogP contribution in [0.15, 0.2) is 249 Å². The van der Waals surface area contributed by atoms with Crippen LogP contribution in [0.5, 0.6) is 0 Å². The van der Waals surface area contributed by atoms with Crippen molar-refractivity contribution in [1.82, 2.24) is 4.57 Å². The molecule has 1 heterocycles. The largest absolute Gasteiger partial charge is 0.310 e. The van der Waals surface area contributed by atoms with Gasteiger partial charge in [-0.1, -0.05) is 194 Å². The summed E-state index contributed by atoms with van der Waals surface area (Å²) in [6.45, 7) is 2.18. The van der Waals surface area contributed by atoms with E-state index in [0.29, 0.717) is 0 Å². The third-order valence-electron chi connectivity index (χ3n) is 13.0. The van der Waals surface area contributed by atoms with Crippen LogP contribution in [0.1, 0.15) is 5.56 Å². The zero-order valence-electron chi connectivity index (χ0n) is 36.1. The maximum atomic E-state index is 2.49. The van der Waals surface area contributed by atoms with E-state index < -0.39 is 0 Å². The summed E-state index contributed by atoms with van der Waals surface area (Å²) in [6, 6.07) is 90.9. The molecule has 11 aromatic carbocycles. The van der Waals surface area contributed by atoms with E-state index in [-0.39, 0.29) is 0 Å². The third kappa shape index (κ3) is 6.84. The Bertz CT molecular complexity index is 3710. The van der Waals surface area contributed by atoms with Gasteiger partial charge in [0.25, 0.3) is 0 Å². The summed E-state index contributed by atoms with van der Waals surface area (Å²) in [5.41, 5.74) is 17.5. The van der Waals surface area contributed by atoms with Crippen LogP contribution in [0.2, 0.25) is 0 Å². The Hall–Kier alpha value is -8.46. The van der Waals surface area contributed by atoms with Crippen LogP contribution >= 0.6 is 0 Å². The average Bonchev–Trinajstić information content (AvgIpc) is 3.71. The quantitative estimate of drug-likeness (QED) is 0.148. The number of aryl methyl sites for hydroxylation is 1. The van der Waals surface area contributed by atoms with Crippen molar-refractivity contribution in [3.8, 4) is 50.2 Å². The van der Waals surface area contributed by atoms with Gasteiger partial charge in [-0.2, -0.15) is 0 Å². The minimum absolute atomic E-state index is 1.08. The molecule has 0 aliphatic heterocycles. The van der Waals surface area contributed by atoms with E-state index in [2.05, 4.69) is 265 Å². The van der Waals surface area contributed by atoms with Crippen molar-refractivity contribution in [2.75, 3.05) is 4.90 Å². The van der Waals surface area contributed by atoms with Gasteiger partial charge >= 0.3 is 0 Å².